The first-order valence-corrected chi connectivity index (χ1v) is 12.0. The number of esters is 3. The molecule has 0 spiro atoms. The van der Waals surface area contributed by atoms with Crippen molar-refractivity contribution in [2.24, 2.45) is 0 Å². The van der Waals surface area contributed by atoms with Gasteiger partial charge in [0.25, 0.3) is 0 Å². The van der Waals surface area contributed by atoms with E-state index in [1.54, 1.807) is 48.5 Å². The van der Waals surface area contributed by atoms with Crippen LogP contribution in [-0.2, 0) is 36.6 Å². The van der Waals surface area contributed by atoms with Gasteiger partial charge in [-0.2, -0.15) is 0 Å². The van der Waals surface area contributed by atoms with E-state index in [4.69, 9.17) is 19.3 Å². The third-order valence-electron chi connectivity index (χ3n) is 3.23. The summed E-state index contributed by atoms with van der Waals surface area (Å²) in [5, 5.41) is 9.67. The molecule has 1 N–H and O–H groups in total. The Balaban J connectivity index is 0.000000342. The predicted molar refractivity (Wildman–Crippen MR) is 126 cm³/mol. The van der Waals surface area contributed by atoms with Crippen molar-refractivity contribution < 1.29 is 38.5 Å². The summed E-state index contributed by atoms with van der Waals surface area (Å²) in [6.45, 7) is 12.8. The van der Waals surface area contributed by atoms with Gasteiger partial charge in [0.2, 0.25) is 0 Å². The van der Waals surface area contributed by atoms with Crippen molar-refractivity contribution in [2.75, 3.05) is 6.61 Å². The third kappa shape index (κ3) is 11.8. The van der Waals surface area contributed by atoms with Gasteiger partial charge in [-0.3, -0.25) is 9.59 Å². The van der Waals surface area contributed by atoms with Crippen molar-refractivity contribution >= 4 is 46.6 Å². The second kappa shape index (κ2) is 12.6. The van der Waals surface area contributed by atoms with E-state index in [1.165, 1.54) is 12.4 Å². The molecule has 2 aromatic rings. The first-order chi connectivity index (χ1) is 15.6. The van der Waals surface area contributed by atoms with Gasteiger partial charge in [0.1, 0.15) is 31.0 Å². The Morgan fingerprint density at radius 3 is 1.59 bits per heavy atom. The Labute approximate surface area is 206 Å². The molecule has 0 saturated carbocycles. The number of aromatic carboxylic acids is 1. The normalized spacial score (nSPS) is 11.1. The van der Waals surface area contributed by atoms with Gasteiger partial charge in [0.05, 0.1) is 31.8 Å². The molecule has 0 aliphatic heterocycles. The van der Waals surface area contributed by atoms with Crippen LogP contribution in [0.3, 0.4) is 0 Å². The van der Waals surface area contributed by atoms with Crippen LogP contribution >= 0.6 is 22.7 Å². The number of carboxylic acid groups (broad SMARTS) is 1. The Morgan fingerprint density at radius 1 is 0.824 bits per heavy atom. The topological polar surface area (TPSA) is 142 Å². The largest absolute Gasteiger partial charge is 0.477 e. The molecule has 10 nitrogen and oxygen atoms in total. The fourth-order valence-corrected chi connectivity index (χ4v) is 3.72. The minimum Gasteiger partial charge on any atom is -0.477 e. The highest BCUT2D eigenvalue weighted by Crippen LogP contribution is 2.17. The van der Waals surface area contributed by atoms with Gasteiger partial charge in [-0.15, -0.1) is 22.7 Å². The molecule has 0 aliphatic rings. The van der Waals surface area contributed by atoms with Gasteiger partial charge < -0.3 is 19.3 Å². The minimum absolute atomic E-state index is 0.00914. The summed E-state index contributed by atoms with van der Waals surface area (Å²) in [5.74, 6) is -2.20. The molecule has 0 amide bonds. The molecule has 0 radical (unpaired) electrons. The Hall–Kier alpha value is -2.86. The fourth-order valence-electron chi connectivity index (χ4n) is 2.18. The summed E-state index contributed by atoms with van der Waals surface area (Å²) in [6.07, 6.45) is 2.74. The maximum Gasteiger partial charge on any atom is 0.349 e. The molecule has 0 saturated heterocycles. The number of carbonyl (C=O) groups excluding carboxylic acids is 3. The van der Waals surface area contributed by atoms with Crippen molar-refractivity contribution in [1.82, 2.24) is 9.97 Å². The van der Waals surface area contributed by atoms with Crippen LogP contribution in [0.2, 0.25) is 0 Å². The first-order valence-electron chi connectivity index (χ1n) is 10.3. The molecule has 2 aromatic heterocycles. The van der Waals surface area contributed by atoms with Crippen molar-refractivity contribution in [1.29, 1.82) is 0 Å². The highest BCUT2D eigenvalue weighted by Gasteiger charge is 2.20. The number of carboxylic acids is 1. The molecule has 0 aliphatic carbocycles. The van der Waals surface area contributed by atoms with Crippen molar-refractivity contribution in [3.05, 3.63) is 32.2 Å². The SMILES string of the molecule is CC(C)(C)OC(=O)Cc1ncc(C(=O)O)s1.CCOC(=O)c1cnc(CC(=O)OC(C)(C)C)s1. The van der Waals surface area contributed by atoms with Crippen LogP contribution < -0.4 is 0 Å². The smallest absolute Gasteiger partial charge is 0.349 e. The molecule has 0 atom stereocenters. The zero-order valence-electron chi connectivity index (χ0n) is 20.3. The molecule has 188 valence electrons. The van der Waals surface area contributed by atoms with Crippen LogP contribution in [0.15, 0.2) is 12.4 Å². The van der Waals surface area contributed by atoms with E-state index in [2.05, 4.69) is 9.97 Å². The number of rotatable bonds is 7. The molecule has 0 aromatic carbocycles. The van der Waals surface area contributed by atoms with Crippen LogP contribution in [0.4, 0.5) is 0 Å². The van der Waals surface area contributed by atoms with Crippen LogP contribution in [-0.4, -0.2) is 56.8 Å². The lowest BCUT2D eigenvalue weighted by atomic mass is 10.2. The molecule has 0 bridgehead atoms. The number of carbonyl (C=O) groups is 4. The maximum atomic E-state index is 11.6. The minimum atomic E-state index is -1.03. The Kier molecular flexibility index (Phi) is 10.8. The molecular formula is C22H30N2O8S2. The number of ether oxygens (including phenoxy) is 3. The molecule has 12 heteroatoms. The van der Waals surface area contributed by atoms with E-state index in [0.717, 1.165) is 22.7 Å². The second-order valence-corrected chi connectivity index (χ2v) is 11.0. The molecule has 34 heavy (non-hydrogen) atoms. The summed E-state index contributed by atoms with van der Waals surface area (Å²) < 4.78 is 15.1. The van der Waals surface area contributed by atoms with E-state index in [-0.39, 0.29) is 23.7 Å². The van der Waals surface area contributed by atoms with Gasteiger partial charge in [-0.05, 0) is 48.5 Å². The van der Waals surface area contributed by atoms with E-state index < -0.39 is 29.1 Å². The first kappa shape index (κ1) is 29.2. The molecular weight excluding hydrogens is 484 g/mol. The highest BCUT2D eigenvalue weighted by molar-refractivity contribution is 7.13. The van der Waals surface area contributed by atoms with Crippen molar-refractivity contribution in [2.45, 2.75) is 72.5 Å². The van der Waals surface area contributed by atoms with Gasteiger partial charge in [0.15, 0.2) is 0 Å². The Morgan fingerprint density at radius 2 is 1.24 bits per heavy atom. The Bertz CT molecular complexity index is 999. The zero-order chi connectivity index (χ0) is 26.1. The average Bonchev–Trinajstić information content (AvgIpc) is 3.29. The van der Waals surface area contributed by atoms with Crippen LogP contribution in [0.1, 0.15) is 77.8 Å². The number of hydrogen-bond acceptors (Lipinski definition) is 11. The quantitative estimate of drug-likeness (QED) is 0.426. The maximum absolute atomic E-state index is 11.6. The van der Waals surface area contributed by atoms with Gasteiger partial charge >= 0.3 is 23.9 Å². The summed E-state index contributed by atoms with van der Waals surface area (Å²) in [6, 6.07) is 0. The summed E-state index contributed by atoms with van der Waals surface area (Å²) >= 11 is 2.13. The number of thiazole rings is 2. The lowest BCUT2D eigenvalue weighted by molar-refractivity contribution is -0.155. The summed E-state index contributed by atoms with van der Waals surface area (Å²) in [4.78, 5) is 53.3. The monoisotopic (exact) mass is 514 g/mol. The second-order valence-electron chi connectivity index (χ2n) is 8.79. The lowest BCUT2D eigenvalue weighted by Gasteiger charge is -2.18. The van der Waals surface area contributed by atoms with E-state index in [9.17, 15) is 19.2 Å². The van der Waals surface area contributed by atoms with Crippen LogP contribution in [0.25, 0.3) is 0 Å². The van der Waals surface area contributed by atoms with Crippen molar-refractivity contribution in [3.8, 4) is 0 Å². The van der Waals surface area contributed by atoms with Crippen molar-refractivity contribution in [3.63, 3.8) is 0 Å². The molecule has 2 heterocycles. The van der Waals surface area contributed by atoms with Gasteiger partial charge in [0, 0.05) is 0 Å². The molecule has 2 rings (SSSR count). The average molecular weight is 515 g/mol. The summed E-state index contributed by atoms with van der Waals surface area (Å²) in [7, 11) is 0. The molecule has 0 unspecified atom stereocenters. The van der Waals surface area contributed by atoms with E-state index in [1.807, 2.05) is 0 Å². The standard InChI is InChI=1S/C12H17NO4S.C10H13NO4S/c1-5-16-11(15)8-7-13-9(18-8)6-10(14)17-12(2,3)4;1-10(2,3)15-8(12)4-7-11-5-6(16-7)9(13)14/h7H,5-6H2,1-4H3;5H,4H2,1-3H3,(H,13,14). The van der Waals surface area contributed by atoms with Gasteiger partial charge in [-0.1, -0.05) is 0 Å². The zero-order valence-corrected chi connectivity index (χ0v) is 21.9. The number of hydrogen-bond donors (Lipinski definition) is 1. The third-order valence-corrected chi connectivity index (χ3v) is 5.19. The highest BCUT2D eigenvalue weighted by atomic mass is 32.1. The molecule has 0 fully saturated rings. The van der Waals surface area contributed by atoms with Crippen LogP contribution in [0, 0.1) is 0 Å². The lowest BCUT2D eigenvalue weighted by Crippen LogP contribution is -2.24. The fraction of sp³-hybridized carbons (Fsp3) is 0.545. The number of nitrogens with zero attached hydrogens (tertiary/aromatic N) is 2. The van der Waals surface area contributed by atoms with Crippen LogP contribution in [0.5, 0.6) is 0 Å². The predicted octanol–water partition coefficient (Wildman–Crippen LogP) is 3.93. The summed E-state index contributed by atoms with van der Waals surface area (Å²) in [5.41, 5.74) is -1.05. The van der Waals surface area contributed by atoms with E-state index in [0.29, 0.717) is 21.5 Å². The number of aromatic nitrogens is 2. The van der Waals surface area contributed by atoms with Gasteiger partial charge in [-0.25, -0.2) is 19.6 Å². The van der Waals surface area contributed by atoms with E-state index >= 15 is 0 Å².